The zero-order chi connectivity index (χ0) is 17.5. The molecule has 1 aromatic carbocycles. The fraction of sp³-hybridized carbons (Fsp3) is 0.588. The lowest BCUT2D eigenvalue weighted by atomic mass is 10.0. The number of hydrogen-bond acceptors (Lipinski definition) is 4. The van der Waals surface area contributed by atoms with E-state index in [0.717, 1.165) is 32.0 Å². The first-order valence-corrected chi connectivity index (χ1v) is 8.61. The molecule has 0 saturated carbocycles. The molecule has 1 aliphatic heterocycles. The van der Waals surface area contributed by atoms with Gasteiger partial charge in [-0.3, -0.25) is 9.89 Å². The lowest BCUT2D eigenvalue weighted by Crippen LogP contribution is -2.47. The van der Waals surface area contributed by atoms with E-state index >= 15 is 0 Å². The highest BCUT2D eigenvalue weighted by molar-refractivity contribution is 14.0. The first-order chi connectivity index (χ1) is 11.5. The molecule has 1 atom stereocenters. The molecule has 1 aromatic rings. The fourth-order valence-corrected chi connectivity index (χ4v) is 3.04. The topological polar surface area (TPSA) is 72.1 Å². The minimum Gasteiger partial charge on any atom is -0.495 e. The summed E-state index contributed by atoms with van der Waals surface area (Å²) in [7, 11) is 1.59. The van der Waals surface area contributed by atoms with Crippen molar-refractivity contribution in [1.82, 2.24) is 4.90 Å². The molecule has 3 N–H and O–H groups in total. The number of ether oxygens (including phenoxy) is 2. The predicted molar refractivity (Wildman–Crippen MR) is 115 cm³/mol. The van der Waals surface area contributed by atoms with Gasteiger partial charge in [0.15, 0.2) is 5.96 Å². The van der Waals surface area contributed by atoms with E-state index in [9.17, 15) is 0 Å². The number of aliphatic imine (C=N–C) groups is 1. The number of nitrogens with one attached hydrogen (secondary N) is 1. The Morgan fingerprint density at radius 1 is 1.40 bits per heavy atom. The number of hydrogen-bond donors (Lipinski definition) is 2. The number of halogens is 2. The summed E-state index contributed by atoms with van der Waals surface area (Å²) >= 11 is 6.12. The summed E-state index contributed by atoms with van der Waals surface area (Å²) in [5.74, 6) is 1.51. The molecule has 1 unspecified atom stereocenters. The van der Waals surface area contributed by atoms with Crippen LogP contribution in [0.1, 0.15) is 13.8 Å². The molecule has 1 saturated heterocycles. The zero-order valence-corrected chi connectivity index (χ0v) is 18.1. The summed E-state index contributed by atoms with van der Waals surface area (Å²) in [4.78, 5) is 6.94. The van der Waals surface area contributed by atoms with Gasteiger partial charge < -0.3 is 20.5 Å². The number of methoxy groups -OCH3 is 1. The Kier molecular flexibility index (Phi) is 9.84. The Balaban J connectivity index is 0.00000312. The van der Waals surface area contributed by atoms with Crippen molar-refractivity contribution in [2.45, 2.75) is 19.9 Å². The van der Waals surface area contributed by atoms with Gasteiger partial charge in [-0.2, -0.15) is 0 Å². The number of nitrogens with zero attached hydrogens (tertiary/aromatic N) is 2. The fourth-order valence-electron chi connectivity index (χ4n) is 2.78. The van der Waals surface area contributed by atoms with E-state index in [1.807, 2.05) is 6.07 Å². The van der Waals surface area contributed by atoms with Gasteiger partial charge in [-0.1, -0.05) is 25.4 Å². The number of anilines is 1. The van der Waals surface area contributed by atoms with Gasteiger partial charge in [0.25, 0.3) is 0 Å². The Labute approximate surface area is 172 Å². The van der Waals surface area contributed by atoms with E-state index in [2.05, 4.69) is 29.1 Å². The van der Waals surface area contributed by atoms with Gasteiger partial charge in [0, 0.05) is 24.8 Å². The summed E-state index contributed by atoms with van der Waals surface area (Å²) < 4.78 is 10.6. The molecule has 0 aliphatic carbocycles. The maximum Gasteiger partial charge on any atom is 0.193 e. The van der Waals surface area contributed by atoms with Crippen LogP contribution in [0, 0.1) is 5.92 Å². The van der Waals surface area contributed by atoms with Crippen LogP contribution in [0.3, 0.4) is 0 Å². The van der Waals surface area contributed by atoms with Crippen molar-refractivity contribution in [3.63, 3.8) is 0 Å². The SMILES string of the molecule is COc1ccc(NC(N)=NCC(C(C)C)N2CCOCC2)cc1Cl.I. The van der Waals surface area contributed by atoms with E-state index in [4.69, 9.17) is 26.8 Å². The standard InChI is InChI=1S/C17H27ClN4O2.HI/c1-12(2)15(22-6-8-24-9-7-22)11-20-17(19)21-13-4-5-16(23-3)14(18)10-13;/h4-5,10,12,15H,6-9,11H2,1-3H3,(H3,19,20,21);1H. The monoisotopic (exact) mass is 482 g/mol. The summed E-state index contributed by atoms with van der Waals surface area (Å²) in [6, 6.07) is 5.77. The van der Waals surface area contributed by atoms with Crippen LogP contribution in [0.15, 0.2) is 23.2 Å². The largest absolute Gasteiger partial charge is 0.495 e. The third-order valence-corrected chi connectivity index (χ3v) is 4.45. The van der Waals surface area contributed by atoms with E-state index < -0.39 is 0 Å². The van der Waals surface area contributed by atoms with Gasteiger partial charge in [-0.05, 0) is 24.1 Å². The summed E-state index contributed by atoms with van der Waals surface area (Å²) in [5.41, 5.74) is 6.81. The van der Waals surface area contributed by atoms with Gasteiger partial charge in [0.2, 0.25) is 0 Å². The third kappa shape index (κ3) is 6.80. The van der Waals surface area contributed by atoms with Crippen LogP contribution in [-0.4, -0.2) is 56.9 Å². The first-order valence-electron chi connectivity index (χ1n) is 8.23. The molecule has 8 heteroatoms. The quantitative estimate of drug-likeness (QED) is 0.370. The van der Waals surface area contributed by atoms with Crippen LogP contribution >= 0.6 is 35.6 Å². The second kappa shape index (κ2) is 11.1. The molecule has 0 radical (unpaired) electrons. The van der Waals surface area contributed by atoms with Crippen molar-refractivity contribution >= 4 is 47.2 Å². The van der Waals surface area contributed by atoms with Crippen LogP contribution in [-0.2, 0) is 4.74 Å². The smallest absolute Gasteiger partial charge is 0.193 e. The molecule has 0 bridgehead atoms. The number of rotatable bonds is 6. The molecule has 1 fully saturated rings. The number of morpholine rings is 1. The van der Waals surface area contributed by atoms with Crippen molar-refractivity contribution in [2.75, 3.05) is 45.3 Å². The van der Waals surface area contributed by atoms with Crippen LogP contribution in [0.5, 0.6) is 5.75 Å². The molecule has 0 amide bonds. The highest BCUT2D eigenvalue weighted by Gasteiger charge is 2.23. The number of benzene rings is 1. The van der Waals surface area contributed by atoms with Crippen LogP contribution in [0.2, 0.25) is 5.02 Å². The molecule has 1 aliphatic rings. The van der Waals surface area contributed by atoms with E-state index in [1.165, 1.54) is 0 Å². The van der Waals surface area contributed by atoms with E-state index in [1.54, 1.807) is 19.2 Å². The minimum absolute atomic E-state index is 0. The van der Waals surface area contributed by atoms with Gasteiger partial charge >= 0.3 is 0 Å². The molecule has 6 nitrogen and oxygen atoms in total. The average Bonchev–Trinajstić information content (AvgIpc) is 2.56. The van der Waals surface area contributed by atoms with Crippen molar-refractivity contribution in [3.05, 3.63) is 23.2 Å². The molecule has 0 aromatic heterocycles. The van der Waals surface area contributed by atoms with Gasteiger partial charge in [0.05, 0.1) is 31.9 Å². The third-order valence-electron chi connectivity index (χ3n) is 4.16. The van der Waals surface area contributed by atoms with Gasteiger partial charge in [-0.25, -0.2) is 0 Å². The highest BCUT2D eigenvalue weighted by Crippen LogP contribution is 2.27. The maximum atomic E-state index is 6.12. The second-order valence-electron chi connectivity index (χ2n) is 6.16. The summed E-state index contributed by atoms with van der Waals surface area (Å²) in [6.45, 7) is 8.53. The highest BCUT2D eigenvalue weighted by atomic mass is 127. The Hall–Kier alpha value is -0.770. The second-order valence-corrected chi connectivity index (χ2v) is 6.57. The molecular weight excluding hydrogens is 455 g/mol. The number of nitrogens with two attached hydrogens (primary N) is 1. The molecule has 25 heavy (non-hydrogen) atoms. The predicted octanol–water partition coefficient (Wildman–Crippen LogP) is 3.05. The molecule has 1 heterocycles. The van der Waals surface area contributed by atoms with Gasteiger partial charge in [0.1, 0.15) is 5.75 Å². The Morgan fingerprint density at radius 2 is 2.08 bits per heavy atom. The molecule has 0 spiro atoms. The first kappa shape index (κ1) is 22.3. The lowest BCUT2D eigenvalue weighted by Gasteiger charge is -2.36. The summed E-state index contributed by atoms with van der Waals surface area (Å²) in [5, 5.41) is 3.61. The van der Waals surface area contributed by atoms with Gasteiger partial charge in [-0.15, -0.1) is 24.0 Å². The Bertz CT molecular complexity index is 566. The lowest BCUT2D eigenvalue weighted by molar-refractivity contribution is 0.00870. The average molecular weight is 483 g/mol. The van der Waals surface area contributed by atoms with Crippen molar-refractivity contribution in [3.8, 4) is 5.75 Å². The number of guanidine groups is 1. The van der Waals surface area contributed by atoms with E-state index in [0.29, 0.717) is 35.2 Å². The zero-order valence-electron chi connectivity index (χ0n) is 15.0. The van der Waals surface area contributed by atoms with Crippen LogP contribution < -0.4 is 15.8 Å². The molecule has 2 rings (SSSR count). The van der Waals surface area contributed by atoms with E-state index in [-0.39, 0.29) is 24.0 Å². The van der Waals surface area contributed by atoms with Crippen molar-refractivity contribution in [2.24, 2.45) is 16.6 Å². The molecule has 142 valence electrons. The maximum absolute atomic E-state index is 6.12. The van der Waals surface area contributed by atoms with Crippen LogP contribution in [0.25, 0.3) is 0 Å². The normalized spacial score (nSPS) is 17.1. The molecular formula is C17H28ClIN4O2. The minimum atomic E-state index is 0. The van der Waals surface area contributed by atoms with Crippen molar-refractivity contribution in [1.29, 1.82) is 0 Å². The Morgan fingerprint density at radius 3 is 2.64 bits per heavy atom. The van der Waals surface area contributed by atoms with Crippen molar-refractivity contribution < 1.29 is 9.47 Å². The van der Waals surface area contributed by atoms with Crippen LogP contribution in [0.4, 0.5) is 5.69 Å². The summed E-state index contributed by atoms with van der Waals surface area (Å²) in [6.07, 6.45) is 0.